The number of Topliss-reactive ketones (excluding diaryl/α,β-unsaturated/α-hetero) is 1. The Balaban J connectivity index is 1.36. The van der Waals surface area contributed by atoms with E-state index in [2.05, 4.69) is 9.80 Å². The minimum Gasteiger partial charge on any atom is -0.297 e. The third kappa shape index (κ3) is 3.74. The number of carbonyl (C=O) groups is 2. The van der Waals surface area contributed by atoms with Crippen molar-refractivity contribution in [1.82, 2.24) is 9.80 Å². The number of ketones is 1. The summed E-state index contributed by atoms with van der Waals surface area (Å²) < 4.78 is 13.4. The summed E-state index contributed by atoms with van der Waals surface area (Å²) >= 11 is 5.92. The van der Waals surface area contributed by atoms with Gasteiger partial charge < -0.3 is 0 Å². The average molecular weight is 388 g/mol. The minimum absolute atomic E-state index is 0.154. The Morgan fingerprint density at radius 3 is 2.30 bits per heavy atom. The fourth-order valence-electron chi connectivity index (χ4n) is 3.55. The Bertz CT molecular complexity index is 879. The van der Waals surface area contributed by atoms with Crippen molar-refractivity contribution in [2.75, 3.05) is 37.7 Å². The first-order valence-electron chi connectivity index (χ1n) is 8.86. The summed E-state index contributed by atoms with van der Waals surface area (Å²) in [7, 11) is 0. The summed E-state index contributed by atoms with van der Waals surface area (Å²) in [4.78, 5) is 30.3. The first-order chi connectivity index (χ1) is 13.0. The first-order valence-corrected chi connectivity index (χ1v) is 9.24. The van der Waals surface area contributed by atoms with Crippen molar-refractivity contribution in [2.45, 2.75) is 6.54 Å². The van der Waals surface area contributed by atoms with Crippen LogP contribution in [-0.2, 0) is 11.3 Å². The smallest absolute Gasteiger partial charge is 0.297 e. The quantitative estimate of drug-likeness (QED) is 0.757. The second-order valence-corrected chi connectivity index (χ2v) is 7.32. The van der Waals surface area contributed by atoms with E-state index in [1.165, 1.54) is 22.6 Å². The number of amides is 1. The molecule has 2 aromatic carbocycles. The summed E-state index contributed by atoms with van der Waals surface area (Å²) in [6, 6.07) is 11.8. The molecule has 0 aromatic heterocycles. The Labute approximate surface area is 161 Å². The van der Waals surface area contributed by atoms with Crippen LogP contribution < -0.4 is 4.90 Å². The van der Waals surface area contributed by atoms with Gasteiger partial charge in [-0.1, -0.05) is 23.7 Å². The van der Waals surface area contributed by atoms with Gasteiger partial charge in [-0.3, -0.25) is 24.3 Å². The SMILES string of the molecule is O=C1C(=O)N(CN2CCN(Cc3ccc(Cl)cc3)CC2)c2ccc(F)cc21. The van der Waals surface area contributed by atoms with Gasteiger partial charge in [-0.05, 0) is 35.9 Å². The van der Waals surface area contributed by atoms with Crippen LogP contribution in [0.2, 0.25) is 5.02 Å². The number of rotatable bonds is 4. The highest BCUT2D eigenvalue weighted by molar-refractivity contribution is 6.52. The van der Waals surface area contributed by atoms with Gasteiger partial charge in [0.2, 0.25) is 0 Å². The van der Waals surface area contributed by atoms with Gasteiger partial charge in [0.1, 0.15) is 5.82 Å². The van der Waals surface area contributed by atoms with Crippen LogP contribution in [0, 0.1) is 5.82 Å². The number of nitrogens with zero attached hydrogens (tertiary/aromatic N) is 3. The van der Waals surface area contributed by atoms with Crippen molar-refractivity contribution >= 4 is 29.0 Å². The molecule has 0 radical (unpaired) electrons. The van der Waals surface area contributed by atoms with Crippen LogP contribution in [0.5, 0.6) is 0 Å². The molecule has 27 heavy (non-hydrogen) atoms. The van der Waals surface area contributed by atoms with E-state index in [1.54, 1.807) is 0 Å². The van der Waals surface area contributed by atoms with Crippen molar-refractivity contribution in [3.05, 3.63) is 64.4 Å². The highest BCUT2D eigenvalue weighted by atomic mass is 35.5. The zero-order valence-electron chi connectivity index (χ0n) is 14.7. The molecule has 0 aliphatic carbocycles. The second kappa shape index (κ2) is 7.38. The maximum Gasteiger partial charge on any atom is 0.300 e. The molecule has 2 aromatic rings. The number of fused-ring (bicyclic) bond motifs is 1. The first kappa shape index (κ1) is 18.1. The molecule has 1 saturated heterocycles. The monoisotopic (exact) mass is 387 g/mol. The van der Waals surface area contributed by atoms with Gasteiger partial charge in [0, 0.05) is 37.7 Å². The molecule has 1 amide bonds. The van der Waals surface area contributed by atoms with Gasteiger partial charge >= 0.3 is 5.91 Å². The van der Waals surface area contributed by atoms with E-state index in [9.17, 15) is 14.0 Å². The molecule has 140 valence electrons. The lowest BCUT2D eigenvalue weighted by Gasteiger charge is -2.36. The number of hydrogen-bond acceptors (Lipinski definition) is 4. The van der Waals surface area contributed by atoms with Gasteiger partial charge in [-0.2, -0.15) is 0 Å². The molecule has 0 bridgehead atoms. The standard InChI is InChI=1S/C20H19ClFN3O2/c21-15-3-1-14(2-4-15)12-23-7-9-24(10-8-23)13-25-18-6-5-16(22)11-17(18)19(26)20(25)27/h1-6,11H,7-10,12-13H2. The molecule has 5 nitrogen and oxygen atoms in total. The number of halogens is 2. The Hall–Kier alpha value is -2.28. The van der Waals surface area contributed by atoms with Gasteiger partial charge in [-0.25, -0.2) is 4.39 Å². The fourth-order valence-corrected chi connectivity index (χ4v) is 3.68. The summed E-state index contributed by atoms with van der Waals surface area (Å²) in [6.07, 6.45) is 0. The number of benzene rings is 2. The lowest BCUT2D eigenvalue weighted by Crippen LogP contribution is -2.50. The molecule has 0 spiro atoms. The summed E-state index contributed by atoms with van der Waals surface area (Å²) in [5.74, 6) is -1.72. The molecule has 2 aliphatic rings. The van der Waals surface area contributed by atoms with E-state index >= 15 is 0 Å². The van der Waals surface area contributed by atoms with Crippen LogP contribution in [-0.4, -0.2) is 54.3 Å². The number of hydrogen-bond donors (Lipinski definition) is 0. The predicted molar refractivity (Wildman–Crippen MR) is 101 cm³/mol. The molecule has 1 fully saturated rings. The molecule has 2 aliphatic heterocycles. The Morgan fingerprint density at radius 2 is 1.59 bits per heavy atom. The van der Waals surface area contributed by atoms with E-state index in [0.29, 0.717) is 12.4 Å². The van der Waals surface area contributed by atoms with E-state index in [4.69, 9.17) is 11.6 Å². The highest BCUT2D eigenvalue weighted by Gasteiger charge is 2.37. The maximum absolute atomic E-state index is 13.4. The zero-order valence-corrected chi connectivity index (χ0v) is 15.5. The largest absolute Gasteiger partial charge is 0.300 e. The van der Waals surface area contributed by atoms with Gasteiger partial charge in [0.05, 0.1) is 17.9 Å². The van der Waals surface area contributed by atoms with Crippen LogP contribution >= 0.6 is 11.6 Å². The summed E-state index contributed by atoms with van der Waals surface area (Å²) in [5, 5.41) is 0.730. The number of carbonyl (C=O) groups excluding carboxylic acids is 2. The van der Waals surface area contributed by atoms with Crippen LogP contribution in [0.4, 0.5) is 10.1 Å². The highest BCUT2D eigenvalue weighted by Crippen LogP contribution is 2.29. The Morgan fingerprint density at radius 1 is 0.926 bits per heavy atom. The lowest BCUT2D eigenvalue weighted by molar-refractivity contribution is -0.114. The molecule has 7 heteroatoms. The fraction of sp³-hybridized carbons (Fsp3) is 0.300. The summed E-state index contributed by atoms with van der Waals surface area (Å²) in [5.41, 5.74) is 1.86. The third-order valence-electron chi connectivity index (χ3n) is 5.06. The van der Waals surface area contributed by atoms with Crippen molar-refractivity contribution in [1.29, 1.82) is 0 Å². The van der Waals surface area contributed by atoms with Gasteiger partial charge in [0.25, 0.3) is 5.78 Å². The predicted octanol–water partition coefficient (Wildman–Crippen LogP) is 2.78. The van der Waals surface area contributed by atoms with Crippen LogP contribution in [0.15, 0.2) is 42.5 Å². The third-order valence-corrected chi connectivity index (χ3v) is 5.31. The van der Waals surface area contributed by atoms with E-state index in [-0.39, 0.29) is 5.56 Å². The number of anilines is 1. The molecular weight excluding hydrogens is 369 g/mol. The average Bonchev–Trinajstić information content (AvgIpc) is 2.90. The van der Waals surface area contributed by atoms with Gasteiger partial charge in [-0.15, -0.1) is 0 Å². The normalized spacial score (nSPS) is 18.2. The molecule has 0 N–H and O–H groups in total. The van der Waals surface area contributed by atoms with Crippen LogP contribution in [0.3, 0.4) is 0 Å². The van der Waals surface area contributed by atoms with E-state index in [1.807, 2.05) is 24.3 Å². The molecule has 0 unspecified atom stereocenters. The molecule has 4 rings (SSSR count). The van der Waals surface area contributed by atoms with Gasteiger partial charge in [0.15, 0.2) is 0 Å². The minimum atomic E-state index is -0.633. The second-order valence-electron chi connectivity index (χ2n) is 6.89. The van der Waals surface area contributed by atoms with E-state index in [0.717, 1.165) is 43.8 Å². The molecule has 2 heterocycles. The lowest BCUT2D eigenvalue weighted by atomic mass is 10.1. The molecule has 0 saturated carbocycles. The summed E-state index contributed by atoms with van der Waals surface area (Å²) in [6.45, 7) is 4.53. The van der Waals surface area contributed by atoms with E-state index < -0.39 is 17.5 Å². The van der Waals surface area contributed by atoms with Crippen molar-refractivity contribution in [3.8, 4) is 0 Å². The number of piperazine rings is 1. The van der Waals surface area contributed by atoms with Crippen LogP contribution in [0.25, 0.3) is 0 Å². The van der Waals surface area contributed by atoms with Crippen LogP contribution in [0.1, 0.15) is 15.9 Å². The van der Waals surface area contributed by atoms with Crippen molar-refractivity contribution in [2.24, 2.45) is 0 Å². The molecular formula is C20H19ClFN3O2. The van der Waals surface area contributed by atoms with Crippen molar-refractivity contribution < 1.29 is 14.0 Å². The maximum atomic E-state index is 13.4. The zero-order chi connectivity index (χ0) is 19.0. The van der Waals surface area contributed by atoms with Crippen molar-refractivity contribution in [3.63, 3.8) is 0 Å². The molecule has 0 atom stereocenters. The Kier molecular flexibility index (Phi) is 4.95. The topological polar surface area (TPSA) is 43.9 Å².